The van der Waals surface area contributed by atoms with Gasteiger partial charge in [-0.15, -0.1) is 0 Å². The monoisotopic (exact) mass is 331 g/mol. The number of hydrogen-bond donors (Lipinski definition) is 1. The van der Waals surface area contributed by atoms with Gasteiger partial charge in [-0.25, -0.2) is 0 Å². The van der Waals surface area contributed by atoms with E-state index >= 15 is 0 Å². The predicted octanol–water partition coefficient (Wildman–Crippen LogP) is 5.64. The van der Waals surface area contributed by atoms with Crippen LogP contribution in [0.4, 0.5) is 5.69 Å². The lowest BCUT2D eigenvalue weighted by molar-refractivity contribution is -0.110. The average molecular weight is 332 g/mol. The molecule has 0 atom stereocenters. The lowest BCUT2D eigenvalue weighted by atomic mass is 9.97. The summed E-state index contributed by atoms with van der Waals surface area (Å²) in [5, 5.41) is 3.38. The fraction of sp³-hybridized carbons (Fsp3) is 0. The number of benzene rings is 3. The van der Waals surface area contributed by atoms with E-state index in [2.05, 4.69) is 36.2 Å². The summed E-state index contributed by atoms with van der Waals surface area (Å²) in [4.78, 5) is 11.7. The van der Waals surface area contributed by atoms with Crippen molar-refractivity contribution in [3.05, 3.63) is 83.9 Å². The van der Waals surface area contributed by atoms with Crippen LogP contribution in [0.15, 0.2) is 73.3 Å². The summed E-state index contributed by atoms with van der Waals surface area (Å²) in [6.45, 7) is 3.84. The molecule has 0 aliphatic carbocycles. The first-order valence-corrected chi connectivity index (χ1v) is 8.01. The molecule has 0 saturated carbocycles. The fourth-order valence-electron chi connectivity index (χ4n) is 2.94. The molecule has 1 N–H and O–H groups in total. The molecule has 0 fully saturated rings. The van der Waals surface area contributed by atoms with Gasteiger partial charge in [-0.1, -0.05) is 72.8 Å². The first kappa shape index (κ1) is 14.7. The average Bonchev–Trinajstić information content (AvgIpc) is 2.89. The van der Waals surface area contributed by atoms with E-state index in [-0.39, 0.29) is 5.91 Å². The molecule has 0 unspecified atom stereocenters. The van der Waals surface area contributed by atoms with Gasteiger partial charge in [0.15, 0.2) is 0 Å². The molecular formula is C21H14ClNO. The van der Waals surface area contributed by atoms with E-state index in [1.807, 2.05) is 36.4 Å². The number of carbonyl (C=O) groups excluding carboxylic acids is 1. The van der Waals surface area contributed by atoms with E-state index in [9.17, 15) is 4.79 Å². The van der Waals surface area contributed by atoms with Crippen LogP contribution in [-0.4, -0.2) is 5.91 Å². The summed E-state index contributed by atoms with van der Waals surface area (Å²) in [6.07, 6.45) is 0. The van der Waals surface area contributed by atoms with Crippen molar-refractivity contribution < 1.29 is 4.79 Å². The Bertz CT molecular complexity index is 959. The Kier molecular flexibility index (Phi) is 3.47. The second-order valence-electron chi connectivity index (χ2n) is 5.75. The van der Waals surface area contributed by atoms with Gasteiger partial charge in [0.05, 0.1) is 10.7 Å². The third kappa shape index (κ3) is 2.41. The summed E-state index contributed by atoms with van der Waals surface area (Å²) >= 11 is 6.41. The van der Waals surface area contributed by atoms with Gasteiger partial charge in [0.1, 0.15) is 0 Å². The van der Waals surface area contributed by atoms with Gasteiger partial charge in [-0.2, -0.15) is 0 Å². The third-order valence-electron chi connectivity index (χ3n) is 4.26. The Morgan fingerprint density at radius 1 is 0.792 bits per heavy atom. The zero-order chi connectivity index (χ0) is 16.7. The van der Waals surface area contributed by atoms with Crippen LogP contribution in [0.1, 0.15) is 5.56 Å². The molecule has 0 spiro atoms. The van der Waals surface area contributed by atoms with Crippen LogP contribution in [-0.2, 0) is 4.79 Å². The summed E-state index contributed by atoms with van der Waals surface area (Å²) in [5.74, 6) is -0.169. The summed E-state index contributed by atoms with van der Waals surface area (Å²) in [7, 11) is 0. The predicted molar refractivity (Wildman–Crippen MR) is 100.0 cm³/mol. The highest BCUT2D eigenvalue weighted by Gasteiger charge is 2.24. The van der Waals surface area contributed by atoms with E-state index < -0.39 is 0 Å². The molecular weight excluding hydrogens is 318 g/mol. The smallest absolute Gasteiger partial charge is 0.255 e. The van der Waals surface area contributed by atoms with Gasteiger partial charge in [0, 0.05) is 16.7 Å². The maximum absolute atomic E-state index is 11.7. The molecule has 0 saturated heterocycles. The van der Waals surface area contributed by atoms with Gasteiger partial charge in [-0.05, 0) is 28.8 Å². The molecule has 0 radical (unpaired) electrons. The Labute approximate surface area is 145 Å². The summed E-state index contributed by atoms with van der Waals surface area (Å²) in [6, 6.07) is 22.2. The topological polar surface area (TPSA) is 29.1 Å². The SMILES string of the molecule is C=C1C(=O)Nc2cc(Cl)c(-c3ccc(-c4ccccc4)cc3)cc21. The van der Waals surface area contributed by atoms with Gasteiger partial charge in [0.25, 0.3) is 5.91 Å². The first-order valence-electron chi connectivity index (χ1n) is 7.63. The Morgan fingerprint density at radius 2 is 1.42 bits per heavy atom. The molecule has 1 aliphatic rings. The molecule has 2 nitrogen and oxygen atoms in total. The van der Waals surface area contributed by atoms with Crippen LogP contribution >= 0.6 is 11.6 Å². The van der Waals surface area contributed by atoms with Crippen LogP contribution in [0.5, 0.6) is 0 Å². The quantitative estimate of drug-likeness (QED) is 0.605. The highest BCUT2D eigenvalue weighted by Crippen LogP contribution is 2.39. The molecule has 116 valence electrons. The van der Waals surface area contributed by atoms with Gasteiger partial charge < -0.3 is 5.32 Å². The summed E-state index contributed by atoms with van der Waals surface area (Å²) < 4.78 is 0. The normalized spacial score (nSPS) is 12.9. The Hall–Kier alpha value is -2.84. The molecule has 24 heavy (non-hydrogen) atoms. The van der Waals surface area contributed by atoms with Crippen LogP contribution < -0.4 is 5.32 Å². The molecule has 0 aromatic heterocycles. The number of carbonyl (C=O) groups is 1. The van der Waals surface area contributed by atoms with Crippen molar-refractivity contribution in [2.45, 2.75) is 0 Å². The maximum atomic E-state index is 11.7. The number of nitrogens with one attached hydrogen (secondary N) is 1. The first-order chi connectivity index (χ1) is 11.6. The van der Waals surface area contributed by atoms with E-state index in [0.717, 1.165) is 27.9 Å². The molecule has 1 heterocycles. The Balaban J connectivity index is 1.75. The van der Waals surface area contributed by atoms with E-state index in [4.69, 9.17) is 11.6 Å². The van der Waals surface area contributed by atoms with Crippen molar-refractivity contribution in [2.75, 3.05) is 5.32 Å². The lowest BCUT2D eigenvalue weighted by Crippen LogP contribution is -2.02. The lowest BCUT2D eigenvalue weighted by Gasteiger charge is -2.09. The van der Waals surface area contributed by atoms with Gasteiger partial charge in [-0.3, -0.25) is 4.79 Å². The fourth-order valence-corrected chi connectivity index (χ4v) is 3.21. The van der Waals surface area contributed by atoms with Crippen molar-refractivity contribution in [2.24, 2.45) is 0 Å². The van der Waals surface area contributed by atoms with Crippen LogP contribution in [0.2, 0.25) is 5.02 Å². The van der Waals surface area contributed by atoms with E-state index in [1.165, 1.54) is 5.56 Å². The maximum Gasteiger partial charge on any atom is 0.255 e. The molecule has 1 amide bonds. The zero-order valence-electron chi connectivity index (χ0n) is 12.8. The van der Waals surface area contributed by atoms with Crippen molar-refractivity contribution in [3.8, 4) is 22.3 Å². The number of halogens is 1. The minimum absolute atomic E-state index is 0.169. The summed E-state index contributed by atoms with van der Waals surface area (Å²) in [5.41, 5.74) is 6.24. The largest absolute Gasteiger partial charge is 0.321 e. The standard InChI is InChI=1S/C21H14ClNO/c1-13-17-11-18(19(22)12-20(17)23-21(13)24)16-9-7-15(8-10-16)14-5-3-2-4-6-14/h2-12H,1H2,(H,23,24). The van der Waals surface area contributed by atoms with Gasteiger partial charge in [0.2, 0.25) is 0 Å². The van der Waals surface area contributed by atoms with Crippen molar-refractivity contribution in [3.63, 3.8) is 0 Å². The molecule has 4 rings (SSSR count). The number of rotatable bonds is 2. The number of hydrogen-bond acceptors (Lipinski definition) is 1. The molecule has 3 aromatic carbocycles. The van der Waals surface area contributed by atoms with Crippen molar-refractivity contribution in [1.29, 1.82) is 0 Å². The molecule has 1 aliphatic heterocycles. The number of anilines is 1. The van der Waals surface area contributed by atoms with Crippen LogP contribution in [0.25, 0.3) is 27.8 Å². The van der Waals surface area contributed by atoms with Crippen molar-refractivity contribution in [1.82, 2.24) is 0 Å². The second kappa shape index (κ2) is 5.66. The molecule has 0 bridgehead atoms. The molecule has 3 heteroatoms. The third-order valence-corrected chi connectivity index (χ3v) is 4.57. The highest BCUT2D eigenvalue weighted by molar-refractivity contribution is 6.36. The zero-order valence-corrected chi connectivity index (χ0v) is 13.6. The second-order valence-corrected chi connectivity index (χ2v) is 6.16. The highest BCUT2D eigenvalue weighted by atomic mass is 35.5. The minimum Gasteiger partial charge on any atom is -0.321 e. The van der Waals surface area contributed by atoms with E-state index in [0.29, 0.717) is 10.6 Å². The van der Waals surface area contributed by atoms with Gasteiger partial charge >= 0.3 is 0 Å². The van der Waals surface area contributed by atoms with Crippen LogP contribution in [0.3, 0.4) is 0 Å². The number of fused-ring (bicyclic) bond motifs is 1. The van der Waals surface area contributed by atoms with Crippen molar-refractivity contribution >= 4 is 28.8 Å². The minimum atomic E-state index is -0.169. The number of amides is 1. The Morgan fingerprint density at radius 3 is 2.12 bits per heavy atom. The van der Waals surface area contributed by atoms with E-state index in [1.54, 1.807) is 6.07 Å². The molecule has 3 aromatic rings. The van der Waals surface area contributed by atoms with Crippen LogP contribution in [0, 0.1) is 0 Å².